The molecule has 1 saturated heterocycles. The molecule has 0 bridgehead atoms. The summed E-state index contributed by atoms with van der Waals surface area (Å²) < 4.78 is 4.43. The zero-order chi connectivity index (χ0) is 7.56. The molecule has 1 unspecified atom stereocenters. The van der Waals surface area contributed by atoms with Crippen LogP contribution >= 0.6 is 0 Å². The Bertz CT molecular complexity index is 166. The van der Waals surface area contributed by atoms with Gasteiger partial charge in [0.1, 0.15) is 6.61 Å². The SMILES string of the molecule is CCC(=O)NC1COC1=O. The van der Waals surface area contributed by atoms with Crippen molar-refractivity contribution < 1.29 is 14.3 Å². The van der Waals surface area contributed by atoms with E-state index in [-0.39, 0.29) is 17.9 Å². The highest BCUT2D eigenvalue weighted by molar-refractivity contribution is 5.87. The van der Waals surface area contributed by atoms with Crippen LogP contribution in [0.15, 0.2) is 0 Å². The van der Waals surface area contributed by atoms with E-state index in [1.54, 1.807) is 6.92 Å². The van der Waals surface area contributed by atoms with Gasteiger partial charge in [0, 0.05) is 6.42 Å². The minimum Gasteiger partial charge on any atom is -0.461 e. The lowest BCUT2D eigenvalue weighted by Crippen LogP contribution is -2.52. The highest BCUT2D eigenvalue weighted by Crippen LogP contribution is 2.02. The molecule has 1 rings (SSSR count). The second kappa shape index (κ2) is 2.68. The first kappa shape index (κ1) is 7.05. The van der Waals surface area contributed by atoms with Crippen molar-refractivity contribution in [2.24, 2.45) is 0 Å². The van der Waals surface area contributed by atoms with Gasteiger partial charge in [-0.15, -0.1) is 0 Å². The Balaban J connectivity index is 2.25. The quantitative estimate of drug-likeness (QED) is 0.527. The van der Waals surface area contributed by atoms with Crippen LogP contribution in [0.2, 0.25) is 0 Å². The van der Waals surface area contributed by atoms with Crippen LogP contribution < -0.4 is 5.32 Å². The van der Waals surface area contributed by atoms with Crippen molar-refractivity contribution in [3.63, 3.8) is 0 Å². The van der Waals surface area contributed by atoms with Gasteiger partial charge in [0.25, 0.3) is 0 Å². The number of nitrogens with one attached hydrogen (secondary N) is 1. The Kier molecular flexibility index (Phi) is 1.89. The minimum atomic E-state index is -0.382. The van der Waals surface area contributed by atoms with Gasteiger partial charge < -0.3 is 10.1 Å². The van der Waals surface area contributed by atoms with E-state index in [4.69, 9.17) is 0 Å². The standard InChI is InChI=1S/C6H9NO3/c1-2-5(8)7-4-3-10-6(4)9/h4H,2-3H2,1H3,(H,7,8). The summed E-state index contributed by atoms with van der Waals surface area (Å²) in [4.78, 5) is 21.1. The van der Waals surface area contributed by atoms with E-state index in [1.807, 2.05) is 0 Å². The van der Waals surface area contributed by atoms with Gasteiger partial charge in [-0.3, -0.25) is 4.79 Å². The molecule has 10 heavy (non-hydrogen) atoms. The maximum atomic E-state index is 10.6. The number of ether oxygens (including phenoxy) is 1. The van der Waals surface area contributed by atoms with Crippen molar-refractivity contribution in [2.75, 3.05) is 6.61 Å². The van der Waals surface area contributed by atoms with E-state index in [0.717, 1.165) is 0 Å². The molecule has 0 radical (unpaired) electrons. The molecule has 1 heterocycles. The normalized spacial score (nSPS) is 22.9. The number of hydrogen-bond donors (Lipinski definition) is 1. The molecule has 1 N–H and O–H groups in total. The Morgan fingerprint density at radius 1 is 1.90 bits per heavy atom. The maximum absolute atomic E-state index is 10.6. The summed E-state index contributed by atoms with van der Waals surface area (Å²) in [5, 5.41) is 2.50. The van der Waals surface area contributed by atoms with Crippen LogP contribution in [0, 0.1) is 0 Å². The molecule has 0 spiro atoms. The molecule has 1 atom stereocenters. The molecule has 4 nitrogen and oxygen atoms in total. The molecule has 1 fully saturated rings. The fraction of sp³-hybridized carbons (Fsp3) is 0.667. The summed E-state index contributed by atoms with van der Waals surface area (Å²) in [6.07, 6.45) is 0.407. The van der Waals surface area contributed by atoms with Crippen LogP contribution in [0.3, 0.4) is 0 Å². The van der Waals surface area contributed by atoms with Crippen molar-refractivity contribution in [1.29, 1.82) is 0 Å². The van der Waals surface area contributed by atoms with Crippen molar-refractivity contribution in [2.45, 2.75) is 19.4 Å². The fourth-order valence-electron chi connectivity index (χ4n) is 0.632. The summed E-state index contributed by atoms with van der Waals surface area (Å²) >= 11 is 0. The number of cyclic esters (lactones) is 1. The highest BCUT2D eigenvalue weighted by atomic mass is 16.6. The van der Waals surface area contributed by atoms with E-state index in [0.29, 0.717) is 13.0 Å². The lowest BCUT2D eigenvalue weighted by atomic mass is 10.2. The predicted molar refractivity (Wildman–Crippen MR) is 33.2 cm³/mol. The van der Waals surface area contributed by atoms with Gasteiger partial charge >= 0.3 is 5.97 Å². The average Bonchev–Trinajstić information content (AvgIpc) is 1.96. The van der Waals surface area contributed by atoms with Gasteiger partial charge in [-0.1, -0.05) is 6.92 Å². The van der Waals surface area contributed by atoms with Crippen LogP contribution in [0.1, 0.15) is 13.3 Å². The Morgan fingerprint density at radius 3 is 2.90 bits per heavy atom. The Morgan fingerprint density at radius 2 is 2.60 bits per heavy atom. The topological polar surface area (TPSA) is 55.4 Å². The van der Waals surface area contributed by atoms with Gasteiger partial charge in [0.15, 0.2) is 6.04 Å². The third kappa shape index (κ3) is 1.26. The second-order valence-electron chi connectivity index (χ2n) is 2.10. The maximum Gasteiger partial charge on any atom is 0.332 e. The molecule has 0 aromatic carbocycles. The summed E-state index contributed by atoms with van der Waals surface area (Å²) in [6.45, 7) is 2.06. The zero-order valence-electron chi connectivity index (χ0n) is 5.72. The summed E-state index contributed by atoms with van der Waals surface area (Å²) in [5.74, 6) is -0.441. The summed E-state index contributed by atoms with van der Waals surface area (Å²) in [5.41, 5.74) is 0. The van der Waals surface area contributed by atoms with E-state index < -0.39 is 0 Å². The first-order valence-electron chi connectivity index (χ1n) is 3.20. The van der Waals surface area contributed by atoms with Gasteiger partial charge in [0.2, 0.25) is 5.91 Å². The van der Waals surface area contributed by atoms with E-state index in [9.17, 15) is 9.59 Å². The minimum absolute atomic E-state index is 0.110. The number of hydrogen-bond acceptors (Lipinski definition) is 3. The first-order chi connectivity index (χ1) is 4.74. The lowest BCUT2D eigenvalue weighted by Gasteiger charge is -2.24. The van der Waals surface area contributed by atoms with E-state index >= 15 is 0 Å². The molecule has 1 aliphatic rings. The first-order valence-corrected chi connectivity index (χ1v) is 3.20. The summed E-state index contributed by atoms with van der Waals surface area (Å²) in [7, 11) is 0. The largest absolute Gasteiger partial charge is 0.461 e. The van der Waals surface area contributed by atoms with Gasteiger partial charge in [-0.25, -0.2) is 4.79 Å². The average molecular weight is 143 g/mol. The Hall–Kier alpha value is -1.06. The summed E-state index contributed by atoms with van der Waals surface area (Å²) in [6, 6.07) is -0.382. The van der Waals surface area contributed by atoms with Crippen LogP contribution in [-0.2, 0) is 14.3 Å². The molecular formula is C6H9NO3. The second-order valence-corrected chi connectivity index (χ2v) is 2.10. The van der Waals surface area contributed by atoms with E-state index in [2.05, 4.69) is 10.1 Å². The van der Waals surface area contributed by atoms with Crippen LogP contribution in [0.5, 0.6) is 0 Å². The third-order valence-corrected chi connectivity index (χ3v) is 1.33. The van der Waals surface area contributed by atoms with Crippen molar-refractivity contribution in [1.82, 2.24) is 5.32 Å². The van der Waals surface area contributed by atoms with Gasteiger partial charge in [-0.2, -0.15) is 0 Å². The molecule has 1 aliphatic heterocycles. The number of carbonyl (C=O) groups excluding carboxylic acids is 2. The van der Waals surface area contributed by atoms with E-state index in [1.165, 1.54) is 0 Å². The third-order valence-electron chi connectivity index (χ3n) is 1.33. The molecule has 0 aliphatic carbocycles. The van der Waals surface area contributed by atoms with Gasteiger partial charge in [0.05, 0.1) is 0 Å². The predicted octanol–water partition coefficient (Wildman–Crippen LogP) is -0.562. The Labute approximate surface area is 58.5 Å². The highest BCUT2D eigenvalue weighted by Gasteiger charge is 2.31. The number of carbonyl (C=O) groups is 2. The molecule has 0 saturated carbocycles. The van der Waals surface area contributed by atoms with Crippen molar-refractivity contribution >= 4 is 11.9 Å². The smallest absolute Gasteiger partial charge is 0.332 e. The lowest BCUT2D eigenvalue weighted by molar-refractivity contribution is -0.164. The molecule has 0 aromatic rings. The van der Waals surface area contributed by atoms with Crippen molar-refractivity contribution in [3.05, 3.63) is 0 Å². The van der Waals surface area contributed by atoms with Crippen LogP contribution in [-0.4, -0.2) is 24.5 Å². The van der Waals surface area contributed by atoms with Gasteiger partial charge in [-0.05, 0) is 0 Å². The molecular weight excluding hydrogens is 134 g/mol. The fourth-order valence-corrected chi connectivity index (χ4v) is 0.632. The molecule has 4 heteroatoms. The molecule has 56 valence electrons. The monoisotopic (exact) mass is 143 g/mol. The zero-order valence-corrected chi connectivity index (χ0v) is 5.72. The number of rotatable bonds is 2. The number of esters is 1. The molecule has 0 aromatic heterocycles. The number of amides is 1. The van der Waals surface area contributed by atoms with Crippen molar-refractivity contribution in [3.8, 4) is 0 Å². The molecule has 1 amide bonds. The van der Waals surface area contributed by atoms with Crippen LogP contribution in [0.4, 0.5) is 0 Å². The van der Waals surface area contributed by atoms with Crippen LogP contribution in [0.25, 0.3) is 0 Å².